The molecule has 3 heterocycles. The molecule has 0 bridgehead atoms. The summed E-state index contributed by atoms with van der Waals surface area (Å²) in [6.45, 7) is 0. The zero-order chi connectivity index (χ0) is 23.4. The summed E-state index contributed by atoms with van der Waals surface area (Å²) in [4.78, 5) is 25.0. The van der Waals surface area contributed by atoms with Crippen molar-refractivity contribution in [3.63, 3.8) is 0 Å². The molecule has 9 nitrogen and oxygen atoms in total. The van der Waals surface area contributed by atoms with Gasteiger partial charge in [-0.2, -0.15) is 9.83 Å². The molecule has 1 amide bonds. The third kappa shape index (κ3) is 3.50. The van der Waals surface area contributed by atoms with Crippen LogP contribution in [0.25, 0.3) is 5.69 Å². The van der Waals surface area contributed by atoms with Crippen molar-refractivity contribution in [3.05, 3.63) is 77.0 Å². The Bertz CT molecular complexity index is 1260. The maximum absolute atomic E-state index is 13.5. The lowest BCUT2D eigenvalue weighted by atomic mass is 9.74. The van der Waals surface area contributed by atoms with E-state index in [2.05, 4.69) is 10.4 Å². The third-order valence-electron chi connectivity index (χ3n) is 6.16. The number of benzene rings is 1. The number of anilines is 1. The van der Waals surface area contributed by atoms with Gasteiger partial charge in [0.15, 0.2) is 11.8 Å². The molecule has 0 saturated heterocycles. The molecule has 0 atom stereocenters. The number of rotatable bonds is 3. The molecule has 1 fully saturated rings. The van der Waals surface area contributed by atoms with Gasteiger partial charge in [-0.1, -0.05) is 0 Å². The molecule has 33 heavy (non-hydrogen) atoms. The van der Waals surface area contributed by atoms with Crippen LogP contribution in [0.1, 0.15) is 41.7 Å². The van der Waals surface area contributed by atoms with Crippen molar-refractivity contribution in [2.45, 2.75) is 36.9 Å². The molecule has 3 aromatic rings. The highest BCUT2D eigenvalue weighted by atomic mass is 19.1. The van der Waals surface area contributed by atoms with Gasteiger partial charge >= 0.3 is 5.97 Å². The summed E-state index contributed by atoms with van der Waals surface area (Å²) in [5.74, 6) is -2.85. The summed E-state index contributed by atoms with van der Waals surface area (Å²) in [7, 11) is 0. The number of carbonyl (C=O) groups is 2. The largest absolute Gasteiger partial charge is 0.618 e. The second-order valence-corrected chi connectivity index (χ2v) is 8.27. The van der Waals surface area contributed by atoms with Gasteiger partial charge in [-0.3, -0.25) is 4.79 Å². The van der Waals surface area contributed by atoms with Gasteiger partial charge in [0.2, 0.25) is 0 Å². The van der Waals surface area contributed by atoms with Crippen LogP contribution in [0.5, 0.6) is 0 Å². The van der Waals surface area contributed by atoms with E-state index in [1.807, 2.05) is 0 Å². The van der Waals surface area contributed by atoms with Gasteiger partial charge in [0.05, 0.1) is 23.8 Å². The number of aromatic nitrogens is 3. The van der Waals surface area contributed by atoms with E-state index in [1.165, 1.54) is 35.4 Å². The number of pyridine rings is 1. The first-order valence-corrected chi connectivity index (χ1v) is 10.2. The lowest BCUT2D eigenvalue weighted by molar-refractivity contribution is -0.621. The average Bonchev–Trinajstić information content (AvgIpc) is 3.34. The summed E-state index contributed by atoms with van der Waals surface area (Å²) in [6, 6.07) is 5.86. The predicted molar refractivity (Wildman–Crippen MR) is 108 cm³/mol. The first kappa shape index (κ1) is 21.0. The molecule has 11 heteroatoms. The Hall–Kier alpha value is -3.86. The normalized spacial score (nSPS) is 23.9. The molecular formula is C22H18F2N4O5. The van der Waals surface area contributed by atoms with E-state index >= 15 is 0 Å². The molecule has 2 aromatic heterocycles. The van der Waals surface area contributed by atoms with E-state index < -0.39 is 34.7 Å². The number of nitrogens with one attached hydrogen (secondary N) is 1. The van der Waals surface area contributed by atoms with Crippen molar-refractivity contribution in [1.29, 1.82) is 0 Å². The Labute approximate surface area is 185 Å². The maximum atomic E-state index is 13.5. The highest BCUT2D eigenvalue weighted by molar-refractivity contribution is 5.97. The van der Waals surface area contributed by atoms with E-state index in [9.17, 15) is 28.7 Å². The van der Waals surface area contributed by atoms with Crippen molar-refractivity contribution in [2.24, 2.45) is 0 Å². The predicted octanol–water partition coefficient (Wildman–Crippen LogP) is 2.09. The molecule has 170 valence electrons. The molecular weight excluding hydrogens is 438 g/mol. The summed E-state index contributed by atoms with van der Waals surface area (Å²) in [6.07, 6.45) is 3.98. The number of aliphatic hydroxyl groups is 1. The number of carbonyl (C=O) groups excluding carboxylic acids is 2. The van der Waals surface area contributed by atoms with Crippen LogP contribution < -0.4 is 10.0 Å². The molecule has 1 spiro atoms. The Morgan fingerprint density at radius 3 is 2.61 bits per heavy atom. The topological polar surface area (TPSA) is 120 Å². The van der Waals surface area contributed by atoms with Crippen LogP contribution in [0.4, 0.5) is 14.5 Å². The summed E-state index contributed by atoms with van der Waals surface area (Å²) in [5.41, 5.74) is -2.23. The Morgan fingerprint density at radius 1 is 1.21 bits per heavy atom. The van der Waals surface area contributed by atoms with Crippen LogP contribution in [0.15, 0.2) is 48.9 Å². The quantitative estimate of drug-likeness (QED) is 0.354. The van der Waals surface area contributed by atoms with Gasteiger partial charge in [0, 0.05) is 25.0 Å². The zero-order valence-electron chi connectivity index (χ0n) is 17.1. The fourth-order valence-corrected chi connectivity index (χ4v) is 4.46. The van der Waals surface area contributed by atoms with Crippen LogP contribution in [-0.4, -0.2) is 32.4 Å². The number of hydrogen-bond acceptors (Lipinski definition) is 6. The Kier molecular flexibility index (Phi) is 4.67. The summed E-state index contributed by atoms with van der Waals surface area (Å²) >= 11 is 0. The highest BCUT2D eigenvalue weighted by Gasteiger charge is 2.57. The zero-order valence-corrected chi connectivity index (χ0v) is 17.1. The van der Waals surface area contributed by atoms with E-state index in [4.69, 9.17) is 4.74 Å². The minimum atomic E-state index is -1.77. The minimum absolute atomic E-state index is 0.0519. The number of ether oxygens (including phenoxy) is 1. The van der Waals surface area contributed by atoms with Gasteiger partial charge in [-0.05, 0) is 31.0 Å². The number of esters is 1. The monoisotopic (exact) mass is 456 g/mol. The van der Waals surface area contributed by atoms with E-state index in [-0.39, 0.29) is 48.3 Å². The van der Waals surface area contributed by atoms with E-state index in [0.29, 0.717) is 4.73 Å². The number of fused-ring (bicyclic) bond motifs is 2. The van der Waals surface area contributed by atoms with Crippen molar-refractivity contribution in [1.82, 2.24) is 9.78 Å². The van der Waals surface area contributed by atoms with Crippen LogP contribution >= 0.6 is 0 Å². The van der Waals surface area contributed by atoms with E-state index in [1.54, 1.807) is 0 Å². The Morgan fingerprint density at radius 2 is 1.91 bits per heavy atom. The van der Waals surface area contributed by atoms with Crippen molar-refractivity contribution < 1.29 is 32.9 Å². The number of hydrogen-bond donors (Lipinski definition) is 2. The average molecular weight is 456 g/mol. The highest BCUT2D eigenvalue weighted by Crippen LogP contribution is 2.48. The first-order valence-electron chi connectivity index (χ1n) is 10.2. The van der Waals surface area contributed by atoms with Gasteiger partial charge in [-0.15, -0.1) is 0 Å². The molecule has 1 aromatic carbocycles. The molecule has 2 N–H and O–H groups in total. The number of amides is 1. The van der Waals surface area contributed by atoms with E-state index in [0.717, 1.165) is 18.2 Å². The van der Waals surface area contributed by atoms with Crippen molar-refractivity contribution in [2.75, 3.05) is 5.32 Å². The van der Waals surface area contributed by atoms with Crippen molar-refractivity contribution >= 4 is 17.6 Å². The molecule has 1 aliphatic heterocycles. The summed E-state index contributed by atoms with van der Waals surface area (Å²) < 4.78 is 34.2. The molecule has 0 radical (unpaired) electrons. The number of halogens is 2. The molecule has 0 unspecified atom stereocenters. The minimum Gasteiger partial charge on any atom is -0.618 e. The Balaban J connectivity index is 1.31. The van der Waals surface area contributed by atoms with Crippen LogP contribution in [0.3, 0.4) is 0 Å². The lowest BCUT2D eigenvalue weighted by Gasteiger charge is -2.38. The smallest absolute Gasteiger partial charge is 0.345 e. The third-order valence-corrected chi connectivity index (χ3v) is 6.16. The van der Waals surface area contributed by atoms with Gasteiger partial charge in [0.25, 0.3) is 11.6 Å². The van der Waals surface area contributed by atoms with Gasteiger partial charge in [0.1, 0.15) is 22.8 Å². The SMILES string of the molecule is O=C1OC2(CCC(O)(C(=O)Nc3cnn(-c4cc(F)cc(F)c4)c3)CC2)c2c1ccc[n+]2[O-]. The van der Waals surface area contributed by atoms with Gasteiger partial charge in [-0.25, -0.2) is 18.3 Å². The standard InChI is InChI=1S/C22H18F2N4O5/c23-13-8-14(24)10-16(9-13)27-12-15(11-25-27)26-20(30)21(31)3-5-22(6-4-21)18-17(19(29)33-22)2-1-7-28(18)32/h1-2,7-12,31H,3-6H2,(H,26,30). The van der Waals surface area contributed by atoms with Crippen LogP contribution in [0, 0.1) is 16.8 Å². The molecule has 1 aliphatic carbocycles. The van der Waals surface area contributed by atoms with Crippen molar-refractivity contribution in [3.8, 4) is 5.69 Å². The van der Waals surface area contributed by atoms with Crippen LogP contribution in [0.2, 0.25) is 0 Å². The molecule has 5 rings (SSSR count). The fourth-order valence-electron chi connectivity index (χ4n) is 4.46. The molecule has 2 aliphatic rings. The summed E-state index contributed by atoms with van der Waals surface area (Å²) in [5, 5.41) is 29.8. The first-order chi connectivity index (χ1) is 15.7. The van der Waals surface area contributed by atoms with Gasteiger partial charge < -0.3 is 20.4 Å². The molecule has 1 saturated carbocycles. The number of nitrogens with zero attached hydrogens (tertiary/aromatic N) is 3. The van der Waals surface area contributed by atoms with Crippen LogP contribution in [-0.2, 0) is 15.1 Å². The maximum Gasteiger partial charge on any atom is 0.345 e. The second kappa shape index (κ2) is 7.34. The second-order valence-electron chi connectivity index (χ2n) is 8.27. The fraction of sp³-hybridized carbons (Fsp3) is 0.273. The lowest BCUT2D eigenvalue weighted by Crippen LogP contribution is -2.51.